The van der Waals surface area contributed by atoms with Crippen LogP contribution in [0.5, 0.6) is 0 Å². The lowest BCUT2D eigenvalue weighted by molar-refractivity contribution is 0.107. The molecule has 76 valence electrons. The van der Waals surface area contributed by atoms with Gasteiger partial charge < -0.3 is 4.74 Å². The van der Waals surface area contributed by atoms with Crippen molar-refractivity contribution in [2.45, 2.75) is 26.4 Å². The molecule has 0 saturated heterocycles. The van der Waals surface area contributed by atoms with Gasteiger partial charge in [0.05, 0.1) is 13.2 Å². The van der Waals surface area contributed by atoms with Gasteiger partial charge in [0.15, 0.2) is 0 Å². The van der Waals surface area contributed by atoms with Crippen molar-refractivity contribution in [1.29, 1.82) is 0 Å². The van der Waals surface area contributed by atoms with Crippen molar-refractivity contribution < 1.29 is 4.74 Å². The maximum absolute atomic E-state index is 5.68. The minimum Gasteiger partial charge on any atom is -0.376 e. The zero-order chi connectivity index (χ0) is 9.80. The molecule has 2 atom stereocenters. The Balaban J connectivity index is 1.64. The number of hydrogen-bond acceptors (Lipinski definition) is 1. The Morgan fingerprint density at radius 1 is 1.21 bits per heavy atom. The predicted molar refractivity (Wildman–Crippen MR) is 58.0 cm³/mol. The van der Waals surface area contributed by atoms with Gasteiger partial charge in [-0.05, 0) is 23.8 Å². The molecule has 0 bridgehead atoms. The maximum Gasteiger partial charge on any atom is 0.0717 e. The van der Waals surface area contributed by atoms with Crippen LogP contribution in [-0.4, -0.2) is 6.61 Å². The molecule has 1 heteroatoms. The maximum atomic E-state index is 5.68. The van der Waals surface area contributed by atoms with Crippen molar-refractivity contribution in [3.63, 3.8) is 0 Å². The smallest absolute Gasteiger partial charge is 0.0717 e. The third-order valence-electron chi connectivity index (χ3n) is 3.04. The van der Waals surface area contributed by atoms with Gasteiger partial charge >= 0.3 is 0 Å². The summed E-state index contributed by atoms with van der Waals surface area (Å²) in [6.45, 7) is 3.99. The fourth-order valence-corrected chi connectivity index (χ4v) is 1.92. The van der Waals surface area contributed by atoms with E-state index in [2.05, 4.69) is 31.2 Å². The van der Waals surface area contributed by atoms with E-state index in [-0.39, 0.29) is 0 Å². The van der Waals surface area contributed by atoms with Gasteiger partial charge in [0.1, 0.15) is 0 Å². The first-order chi connectivity index (χ1) is 6.90. The summed E-state index contributed by atoms with van der Waals surface area (Å²) in [4.78, 5) is 0. The van der Waals surface area contributed by atoms with Gasteiger partial charge in [0.25, 0.3) is 0 Å². The van der Waals surface area contributed by atoms with Crippen molar-refractivity contribution in [2.24, 2.45) is 11.8 Å². The molecule has 0 spiro atoms. The van der Waals surface area contributed by atoms with Crippen LogP contribution >= 0.6 is 0 Å². The second-order valence-electron chi connectivity index (χ2n) is 4.16. The highest BCUT2D eigenvalue weighted by Crippen LogP contribution is 2.41. The zero-order valence-corrected chi connectivity index (χ0v) is 8.78. The Morgan fingerprint density at radius 2 is 2.00 bits per heavy atom. The van der Waals surface area contributed by atoms with Gasteiger partial charge in [-0.25, -0.2) is 0 Å². The first-order valence-corrected chi connectivity index (χ1v) is 5.52. The third kappa shape index (κ3) is 2.58. The molecule has 0 amide bonds. The normalized spacial score (nSPS) is 24.9. The predicted octanol–water partition coefficient (Wildman–Crippen LogP) is 3.25. The van der Waals surface area contributed by atoms with Crippen LogP contribution in [0.4, 0.5) is 0 Å². The topological polar surface area (TPSA) is 9.23 Å². The van der Waals surface area contributed by atoms with Crippen molar-refractivity contribution in [2.75, 3.05) is 6.61 Å². The van der Waals surface area contributed by atoms with Crippen LogP contribution in [0.2, 0.25) is 0 Å². The highest BCUT2D eigenvalue weighted by atomic mass is 16.5. The molecule has 1 fully saturated rings. The molecular weight excluding hydrogens is 172 g/mol. The highest BCUT2D eigenvalue weighted by Gasteiger charge is 2.34. The summed E-state index contributed by atoms with van der Waals surface area (Å²) in [5.41, 5.74) is 1.28. The van der Waals surface area contributed by atoms with Gasteiger partial charge in [-0.2, -0.15) is 0 Å². The molecular formula is C13H18O. The second-order valence-corrected chi connectivity index (χ2v) is 4.16. The summed E-state index contributed by atoms with van der Waals surface area (Å²) in [6, 6.07) is 10.4. The molecule has 1 aliphatic carbocycles. The largest absolute Gasteiger partial charge is 0.376 e. The minimum atomic E-state index is 0.772. The van der Waals surface area contributed by atoms with Crippen LogP contribution in [-0.2, 0) is 11.3 Å². The standard InChI is InChI=1S/C13H18O/c1-2-12-8-13(12)10-14-9-11-6-4-3-5-7-11/h3-7,12-13H,2,8-10H2,1H3. The number of rotatable bonds is 5. The summed E-state index contributed by atoms with van der Waals surface area (Å²) in [6.07, 6.45) is 2.70. The van der Waals surface area contributed by atoms with Crippen LogP contribution in [0.15, 0.2) is 30.3 Å². The molecule has 1 aromatic carbocycles. The molecule has 1 aromatic rings. The van der Waals surface area contributed by atoms with E-state index < -0.39 is 0 Å². The zero-order valence-electron chi connectivity index (χ0n) is 8.78. The van der Waals surface area contributed by atoms with Crippen LogP contribution in [0.25, 0.3) is 0 Å². The fourth-order valence-electron chi connectivity index (χ4n) is 1.92. The van der Waals surface area contributed by atoms with Crippen LogP contribution in [0.3, 0.4) is 0 Å². The molecule has 0 heterocycles. The van der Waals surface area contributed by atoms with Crippen LogP contribution in [0, 0.1) is 11.8 Å². The molecule has 0 N–H and O–H groups in total. The first kappa shape index (κ1) is 9.72. The highest BCUT2D eigenvalue weighted by molar-refractivity contribution is 5.13. The first-order valence-electron chi connectivity index (χ1n) is 5.52. The SMILES string of the molecule is CCC1CC1COCc1ccccc1. The molecule has 1 nitrogen and oxygen atoms in total. The minimum absolute atomic E-state index is 0.772. The molecule has 2 unspecified atom stereocenters. The lowest BCUT2D eigenvalue weighted by atomic mass is 10.2. The summed E-state index contributed by atoms with van der Waals surface area (Å²) in [5.74, 6) is 1.80. The number of benzene rings is 1. The lowest BCUT2D eigenvalue weighted by Gasteiger charge is -2.03. The summed E-state index contributed by atoms with van der Waals surface area (Å²) < 4.78 is 5.68. The van der Waals surface area contributed by atoms with E-state index in [4.69, 9.17) is 4.74 Å². The summed E-state index contributed by atoms with van der Waals surface area (Å²) in [7, 11) is 0. The van der Waals surface area contributed by atoms with Crippen molar-refractivity contribution >= 4 is 0 Å². The number of hydrogen-bond donors (Lipinski definition) is 0. The van der Waals surface area contributed by atoms with Gasteiger partial charge in [0, 0.05) is 0 Å². The monoisotopic (exact) mass is 190 g/mol. The average Bonchev–Trinajstić information content (AvgIpc) is 2.98. The van der Waals surface area contributed by atoms with E-state index in [1.807, 2.05) is 6.07 Å². The molecule has 2 rings (SSSR count). The molecule has 1 aliphatic rings. The van der Waals surface area contributed by atoms with Gasteiger partial charge in [-0.1, -0.05) is 43.7 Å². The summed E-state index contributed by atoms with van der Waals surface area (Å²) in [5, 5.41) is 0. The lowest BCUT2D eigenvalue weighted by Crippen LogP contribution is -1.98. The average molecular weight is 190 g/mol. The van der Waals surface area contributed by atoms with E-state index in [0.29, 0.717) is 0 Å². The Morgan fingerprint density at radius 3 is 2.64 bits per heavy atom. The van der Waals surface area contributed by atoms with Gasteiger partial charge in [0.2, 0.25) is 0 Å². The number of ether oxygens (including phenoxy) is 1. The van der Waals surface area contributed by atoms with Crippen molar-refractivity contribution in [3.8, 4) is 0 Å². The van der Waals surface area contributed by atoms with Crippen LogP contribution in [0.1, 0.15) is 25.3 Å². The Bertz CT molecular complexity index is 268. The Labute approximate surface area is 86.1 Å². The van der Waals surface area contributed by atoms with Crippen molar-refractivity contribution in [1.82, 2.24) is 0 Å². The Hall–Kier alpha value is -0.820. The molecule has 0 aliphatic heterocycles. The molecule has 14 heavy (non-hydrogen) atoms. The van der Waals surface area contributed by atoms with Crippen LogP contribution < -0.4 is 0 Å². The van der Waals surface area contributed by atoms with Crippen molar-refractivity contribution in [3.05, 3.63) is 35.9 Å². The van der Waals surface area contributed by atoms with E-state index in [0.717, 1.165) is 25.0 Å². The quantitative estimate of drug-likeness (QED) is 0.692. The Kier molecular flexibility index (Phi) is 3.20. The van der Waals surface area contributed by atoms with E-state index in [9.17, 15) is 0 Å². The van der Waals surface area contributed by atoms with Gasteiger partial charge in [-0.15, -0.1) is 0 Å². The van der Waals surface area contributed by atoms with E-state index in [1.54, 1.807) is 0 Å². The van der Waals surface area contributed by atoms with Gasteiger partial charge in [-0.3, -0.25) is 0 Å². The molecule has 0 aromatic heterocycles. The van der Waals surface area contributed by atoms with E-state index in [1.165, 1.54) is 18.4 Å². The van der Waals surface area contributed by atoms with E-state index >= 15 is 0 Å². The molecule has 0 radical (unpaired) electrons. The summed E-state index contributed by atoms with van der Waals surface area (Å²) >= 11 is 0. The fraction of sp³-hybridized carbons (Fsp3) is 0.538. The molecule has 1 saturated carbocycles. The second kappa shape index (κ2) is 4.61. The third-order valence-corrected chi connectivity index (χ3v) is 3.04.